The summed E-state index contributed by atoms with van der Waals surface area (Å²) in [4.78, 5) is 4.82. The van der Waals surface area contributed by atoms with Crippen molar-refractivity contribution >= 4 is 32.5 Å². The Balaban J connectivity index is 2.35. The first-order chi connectivity index (χ1) is 9.87. The second kappa shape index (κ2) is 4.99. The number of hydrogen-bond acceptors (Lipinski definition) is 3. The van der Waals surface area contributed by atoms with Gasteiger partial charge in [0.05, 0.1) is 16.3 Å². The molecule has 0 bridgehead atoms. The van der Waals surface area contributed by atoms with Crippen molar-refractivity contribution in [3.8, 4) is 0 Å². The smallest absolute Gasteiger partial charge is 0.177 e. The van der Waals surface area contributed by atoms with Crippen molar-refractivity contribution in [2.24, 2.45) is 0 Å². The molecule has 1 aliphatic carbocycles. The quantitative estimate of drug-likeness (QED) is 0.811. The third-order valence-electron chi connectivity index (χ3n) is 4.46. The van der Waals surface area contributed by atoms with Crippen LogP contribution in [0.15, 0.2) is 23.1 Å². The van der Waals surface area contributed by atoms with Crippen LogP contribution in [0.25, 0.3) is 11.0 Å². The van der Waals surface area contributed by atoms with Crippen LogP contribution in [0.4, 0.5) is 0 Å². The molecule has 1 saturated carbocycles. The number of halogens is 1. The minimum atomic E-state index is -3.30. The van der Waals surface area contributed by atoms with Crippen LogP contribution < -0.4 is 0 Å². The Labute approximate surface area is 130 Å². The molecule has 0 saturated heterocycles. The van der Waals surface area contributed by atoms with Gasteiger partial charge in [-0.25, -0.2) is 13.4 Å². The topological polar surface area (TPSA) is 52.0 Å². The second-order valence-electron chi connectivity index (χ2n) is 6.10. The molecule has 1 aromatic carbocycles. The molecular weight excluding hydrogens is 308 g/mol. The van der Waals surface area contributed by atoms with Crippen LogP contribution in [-0.4, -0.2) is 24.2 Å². The van der Waals surface area contributed by atoms with Crippen LogP contribution in [0.5, 0.6) is 0 Å². The minimum Gasteiger partial charge on any atom is -0.321 e. The van der Waals surface area contributed by atoms with E-state index in [4.69, 9.17) is 11.6 Å². The third-order valence-corrected chi connectivity index (χ3v) is 5.82. The summed E-state index contributed by atoms with van der Waals surface area (Å²) in [6, 6.07) is 5.34. The summed E-state index contributed by atoms with van der Waals surface area (Å²) in [6.07, 6.45) is 5.74. The van der Waals surface area contributed by atoms with E-state index in [9.17, 15) is 8.42 Å². The Morgan fingerprint density at radius 1 is 1.33 bits per heavy atom. The van der Waals surface area contributed by atoms with Gasteiger partial charge in [0, 0.05) is 11.8 Å². The Hall–Kier alpha value is -1.07. The molecule has 1 fully saturated rings. The summed E-state index contributed by atoms with van der Waals surface area (Å²) in [6.45, 7) is 2.21. The van der Waals surface area contributed by atoms with Gasteiger partial charge in [0.2, 0.25) is 0 Å². The molecule has 0 atom stereocenters. The highest BCUT2D eigenvalue weighted by atomic mass is 35.5. The zero-order valence-corrected chi connectivity index (χ0v) is 13.8. The molecule has 0 unspecified atom stereocenters. The molecule has 0 radical (unpaired) electrons. The van der Waals surface area contributed by atoms with E-state index in [1.165, 1.54) is 19.1 Å². The highest BCUT2D eigenvalue weighted by Crippen LogP contribution is 2.40. The Kier molecular flexibility index (Phi) is 3.53. The Morgan fingerprint density at radius 2 is 2.00 bits per heavy atom. The van der Waals surface area contributed by atoms with Crippen LogP contribution in [-0.2, 0) is 21.3 Å². The van der Waals surface area contributed by atoms with E-state index in [1.54, 1.807) is 12.1 Å². The number of rotatable bonds is 3. The number of fused-ring (bicyclic) bond motifs is 1. The van der Waals surface area contributed by atoms with Crippen LogP contribution in [0.1, 0.15) is 38.4 Å². The number of sulfone groups is 1. The maximum Gasteiger partial charge on any atom is 0.177 e. The van der Waals surface area contributed by atoms with E-state index in [-0.39, 0.29) is 16.3 Å². The Bertz CT molecular complexity index is 789. The average molecular weight is 327 g/mol. The second-order valence-corrected chi connectivity index (χ2v) is 8.35. The molecule has 4 nitrogen and oxygen atoms in total. The summed E-state index contributed by atoms with van der Waals surface area (Å²) >= 11 is 6.08. The van der Waals surface area contributed by atoms with Crippen molar-refractivity contribution < 1.29 is 8.42 Å². The first kappa shape index (κ1) is 14.9. The predicted octanol–water partition coefficient (Wildman–Crippen LogP) is 3.47. The van der Waals surface area contributed by atoms with Gasteiger partial charge in [0.15, 0.2) is 9.84 Å². The summed E-state index contributed by atoms with van der Waals surface area (Å²) in [5.74, 6) is 1.04. The summed E-state index contributed by atoms with van der Waals surface area (Å²) in [5.41, 5.74) is 1.40. The summed E-state index contributed by atoms with van der Waals surface area (Å²) in [7, 11) is -3.30. The number of alkyl halides is 1. The first-order valence-corrected chi connectivity index (χ1v) is 9.56. The third kappa shape index (κ3) is 2.36. The van der Waals surface area contributed by atoms with Gasteiger partial charge in [-0.1, -0.05) is 18.9 Å². The predicted molar refractivity (Wildman–Crippen MR) is 84.5 cm³/mol. The van der Waals surface area contributed by atoms with Crippen LogP contribution >= 0.6 is 11.6 Å². The molecule has 1 heterocycles. The maximum absolute atomic E-state index is 12.0. The summed E-state index contributed by atoms with van der Waals surface area (Å²) < 4.78 is 26.1. The van der Waals surface area contributed by atoms with E-state index in [0.29, 0.717) is 5.52 Å². The summed E-state index contributed by atoms with van der Waals surface area (Å²) in [5, 5.41) is 0. The number of benzene rings is 1. The highest BCUT2D eigenvalue weighted by Gasteiger charge is 2.34. The lowest BCUT2D eigenvalue weighted by Crippen LogP contribution is -2.27. The van der Waals surface area contributed by atoms with E-state index < -0.39 is 9.84 Å². The zero-order valence-electron chi connectivity index (χ0n) is 12.3. The standard InChI is InChI=1S/C15H19ClN2O2S/c1-15(8-3-4-9-15)18-11-6-5-7-12(21(2,19)20)14(11)17-13(18)10-16/h5-7H,3-4,8-10H2,1-2H3. The van der Waals surface area contributed by atoms with E-state index in [2.05, 4.69) is 16.5 Å². The van der Waals surface area contributed by atoms with Crippen molar-refractivity contribution in [2.75, 3.05) is 6.26 Å². The fourth-order valence-electron chi connectivity index (χ4n) is 3.47. The molecule has 0 amide bonds. The van der Waals surface area contributed by atoms with Gasteiger partial charge in [-0.05, 0) is 31.9 Å². The van der Waals surface area contributed by atoms with Crippen molar-refractivity contribution in [3.05, 3.63) is 24.0 Å². The molecule has 3 rings (SSSR count). The fraction of sp³-hybridized carbons (Fsp3) is 0.533. The highest BCUT2D eigenvalue weighted by molar-refractivity contribution is 7.91. The van der Waals surface area contributed by atoms with E-state index in [0.717, 1.165) is 24.2 Å². The minimum absolute atomic E-state index is 0.0187. The fourth-order valence-corrected chi connectivity index (χ4v) is 4.48. The molecule has 21 heavy (non-hydrogen) atoms. The van der Waals surface area contributed by atoms with Crippen molar-refractivity contribution in [1.29, 1.82) is 0 Å². The molecule has 6 heteroatoms. The number of aromatic nitrogens is 2. The van der Waals surface area contributed by atoms with Gasteiger partial charge in [0.1, 0.15) is 11.3 Å². The molecule has 0 spiro atoms. The molecule has 2 aromatic rings. The monoisotopic (exact) mass is 326 g/mol. The normalized spacial score (nSPS) is 18.4. The lowest BCUT2D eigenvalue weighted by molar-refractivity contribution is 0.331. The molecule has 1 aromatic heterocycles. The lowest BCUT2D eigenvalue weighted by Gasteiger charge is -2.28. The van der Waals surface area contributed by atoms with Crippen molar-refractivity contribution in [3.63, 3.8) is 0 Å². The van der Waals surface area contributed by atoms with E-state index >= 15 is 0 Å². The van der Waals surface area contributed by atoms with Gasteiger partial charge in [-0.15, -0.1) is 11.6 Å². The van der Waals surface area contributed by atoms with Gasteiger partial charge in [0.25, 0.3) is 0 Å². The molecule has 1 aliphatic rings. The number of hydrogen-bond donors (Lipinski definition) is 0. The number of imidazole rings is 1. The SMILES string of the molecule is CC1(n2c(CCl)nc3c(S(C)(=O)=O)cccc32)CCCC1. The molecule has 0 aliphatic heterocycles. The number of nitrogens with zero attached hydrogens (tertiary/aromatic N) is 2. The molecule has 0 N–H and O–H groups in total. The molecular formula is C15H19ClN2O2S. The van der Waals surface area contributed by atoms with Crippen LogP contribution in [0.2, 0.25) is 0 Å². The first-order valence-electron chi connectivity index (χ1n) is 7.14. The zero-order chi connectivity index (χ0) is 15.3. The number of para-hydroxylation sites is 1. The lowest BCUT2D eigenvalue weighted by atomic mass is 9.99. The maximum atomic E-state index is 12.0. The largest absolute Gasteiger partial charge is 0.321 e. The van der Waals surface area contributed by atoms with Crippen LogP contribution in [0.3, 0.4) is 0 Å². The average Bonchev–Trinajstić information content (AvgIpc) is 3.00. The van der Waals surface area contributed by atoms with Crippen LogP contribution in [0, 0.1) is 0 Å². The Morgan fingerprint density at radius 3 is 2.57 bits per heavy atom. The molecule has 114 valence electrons. The van der Waals surface area contributed by atoms with E-state index in [1.807, 2.05) is 6.07 Å². The van der Waals surface area contributed by atoms with Crippen molar-refractivity contribution in [1.82, 2.24) is 9.55 Å². The van der Waals surface area contributed by atoms with Gasteiger partial charge >= 0.3 is 0 Å². The van der Waals surface area contributed by atoms with Gasteiger partial charge in [-0.3, -0.25) is 0 Å². The van der Waals surface area contributed by atoms with Gasteiger partial charge < -0.3 is 4.57 Å². The van der Waals surface area contributed by atoms with Gasteiger partial charge in [-0.2, -0.15) is 0 Å². The van der Waals surface area contributed by atoms with Crippen molar-refractivity contribution in [2.45, 2.75) is 48.9 Å².